The molecule has 0 spiro atoms. The summed E-state index contributed by atoms with van der Waals surface area (Å²) in [6.45, 7) is 6.60. The third-order valence-electron chi connectivity index (χ3n) is 3.08. The van der Waals surface area contributed by atoms with Crippen LogP contribution in [0.15, 0.2) is 18.6 Å². The van der Waals surface area contributed by atoms with E-state index in [0.29, 0.717) is 6.54 Å². The van der Waals surface area contributed by atoms with Crippen molar-refractivity contribution in [2.75, 3.05) is 6.54 Å². The number of hydrogen-bond donors (Lipinski definition) is 2. The molecular weight excluding hydrogens is 202 g/mol. The molecule has 1 unspecified atom stereocenters. The molecule has 16 heavy (non-hydrogen) atoms. The van der Waals surface area contributed by atoms with Gasteiger partial charge in [0.15, 0.2) is 0 Å². The van der Waals surface area contributed by atoms with Crippen LogP contribution in [0.3, 0.4) is 0 Å². The number of aliphatic hydroxyl groups is 1. The third kappa shape index (κ3) is 3.54. The third-order valence-corrected chi connectivity index (χ3v) is 3.08. The van der Waals surface area contributed by atoms with Gasteiger partial charge in [-0.1, -0.05) is 13.8 Å². The zero-order valence-corrected chi connectivity index (χ0v) is 10.3. The minimum absolute atomic E-state index is 0.110. The molecule has 0 aliphatic rings. The van der Waals surface area contributed by atoms with Crippen LogP contribution in [-0.2, 0) is 0 Å². The van der Waals surface area contributed by atoms with Gasteiger partial charge in [-0.05, 0) is 19.8 Å². The van der Waals surface area contributed by atoms with Gasteiger partial charge in [0.1, 0.15) is 0 Å². The predicted molar refractivity (Wildman–Crippen MR) is 64.0 cm³/mol. The second-order valence-corrected chi connectivity index (χ2v) is 4.16. The van der Waals surface area contributed by atoms with Crippen molar-refractivity contribution < 1.29 is 5.11 Å². The zero-order chi connectivity index (χ0) is 12.0. The molecule has 1 aromatic heterocycles. The van der Waals surface area contributed by atoms with Crippen LogP contribution in [0.2, 0.25) is 0 Å². The van der Waals surface area contributed by atoms with Gasteiger partial charge in [-0.15, -0.1) is 0 Å². The molecule has 1 rings (SSSR count). The van der Waals surface area contributed by atoms with E-state index in [1.54, 1.807) is 18.6 Å². The van der Waals surface area contributed by atoms with Crippen LogP contribution >= 0.6 is 0 Å². The molecule has 1 heterocycles. The maximum absolute atomic E-state index is 10.1. The van der Waals surface area contributed by atoms with Crippen LogP contribution in [0.5, 0.6) is 0 Å². The van der Waals surface area contributed by atoms with E-state index in [1.165, 1.54) is 0 Å². The maximum Gasteiger partial charge on any atom is 0.0766 e. The lowest BCUT2D eigenvalue weighted by molar-refractivity contribution is 0.0302. The van der Waals surface area contributed by atoms with Crippen molar-refractivity contribution in [2.45, 2.75) is 45.3 Å². The van der Waals surface area contributed by atoms with Crippen molar-refractivity contribution in [1.82, 2.24) is 15.3 Å². The molecule has 4 heteroatoms. The quantitative estimate of drug-likeness (QED) is 0.770. The highest BCUT2D eigenvalue weighted by Gasteiger charge is 2.22. The van der Waals surface area contributed by atoms with E-state index < -0.39 is 5.60 Å². The van der Waals surface area contributed by atoms with E-state index in [4.69, 9.17) is 0 Å². The highest BCUT2D eigenvalue weighted by molar-refractivity contribution is 5.01. The summed E-state index contributed by atoms with van der Waals surface area (Å²) in [4.78, 5) is 8.25. The van der Waals surface area contributed by atoms with Crippen LogP contribution in [-0.4, -0.2) is 27.2 Å². The van der Waals surface area contributed by atoms with Crippen molar-refractivity contribution >= 4 is 0 Å². The molecule has 4 nitrogen and oxygen atoms in total. The van der Waals surface area contributed by atoms with Crippen LogP contribution < -0.4 is 5.32 Å². The Balaban J connectivity index is 2.50. The molecule has 0 fully saturated rings. The van der Waals surface area contributed by atoms with Crippen LogP contribution in [0.4, 0.5) is 0 Å². The number of aromatic nitrogens is 2. The SMILES string of the molecule is CCC(O)(CC)CNC(C)c1cnccn1. The van der Waals surface area contributed by atoms with Gasteiger partial charge in [-0.3, -0.25) is 9.97 Å². The smallest absolute Gasteiger partial charge is 0.0766 e. The molecule has 2 N–H and O–H groups in total. The molecule has 0 aliphatic heterocycles. The summed E-state index contributed by atoms with van der Waals surface area (Å²) in [7, 11) is 0. The van der Waals surface area contributed by atoms with Crippen molar-refractivity contribution in [3.05, 3.63) is 24.3 Å². The topological polar surface area (TPSA) is 58.0 Å². The van der Waals surface area contributed by atoms with Crippen LogP contribution in [0.25, 0.3) is 0 Å². The lowest BCUT2D eigenvalue weighted by atomic mass is 9.97. The number of nitrogens with one attached hydrogen (secondary N) is 1. The Kier molecular flexibility index (Phi) is 4.83. The molecule has 0 saturated heterocycles. The molecule has 0 radical (unpaired) electrons. The van der Waals surface area contributed by atoms with Gasteiger partial charge in [0.05, 0.1) is 11.3 Å². The lowest BCUT2D eigenvalue weighted by Gasteiger charge is -2.27. The van der Waals surface area contributed by atoms with E-state index >= 15 is 0 Å². The summed E-state index contributed by atoms with van der Waals surface area (Å²) < 4.78 is 0. The van der Waals surface area contributed by atoms with Gasteiger partial charge < -0.3 is 10.4 Å². The van der Waals surface area contributed by atoms with Gasteiger partial charge in [0, 0.05) is 31.2 Å². The second kappa shape index (κ2) is 5.92. The standard InChI is InChI=1S/C12H21N3O/c1-4-12(16,5-2)9-15-10(3)11-8-13-6-7-14-11/h6-8,10,15-16H,4-5,9H2,1-3H3. The zero-order valence-electron chi connectivity index (χ0n) is 10.3. The molecular formula is C12H21N3O. The van der Waals surface area contributed by atoms with Gasteiger partial charge in [0.25, 0.3) is 0 Å². The van der Waals surface area contributed by atoms with Crippen molar-refractivity contribution in [1.29, 1.82) is 0 Å². The normalized spacial score (nSPS) is 13.8. The van der Waals surface area contributed by atoms with Crippen molar-refractivity contribution in [2.24, 2.45) is 0 Å². The van der Waals surface area contributed by atoms with Gasteiger partial charge in [-0.25, -0.2) is 0 Å². The summed E-state index contributed by atoms with van der Waals surface area (Å²) in [5.41, 5.74) is 0.285. The Labute approximate surface area is 97.1 Å². The van der Waals surface area contributed by atoms with E-state index in [1.807, 2.05) is 20.8 Å². The first-order valence-corrected chi connectivity index (χ1v) is 5.83. The number of hydrogen-bond acceptors (Lipinski definition) is 4. The summed E-state index contributed by atoms with van der Waals surface area (Å²) in [5.74, 6) is 0. The molecule has 0 aliphatic carbocycles. The Bertz CT molecular complexity index is 298. The monoisotopic (exact) mass is 223 g/mol. The minimum atomic E-state index is -0.615. The lowest BCUT2D eigenvalue weighted by Crippen LogP contribution is -2.40. The summed E-state index contributed by atoms with van der Waals surface area (Å²) in [6, 6.07) is 0.110. The van der Waals surface area contributed by atoms with Crippen molar-refractivity contribution in [3.63, 3.8) is 0 Å². The molecule has 0 aromatic carbocycles. The fourth-order valence-electron chi connectivity index (χ4n) is 1.48. The highest BCUT2D eigenvalue weighted by atomic mass is 16.3. The maximum atomic E-state index is 10.1. The molecule has 90 valence electrons. The Hall–Kier alpha value is -1.00. The van der Waals surface area contributed by atoms with Crippen molar-refractivity contribution in [3.8, 4) is 0 Å². The predicted octanol–water partition coefficient (Wildman–Crippen LogP) is 1.68. The molecule has 1 aromatic rings. The fraction of sp³-hybridized carbons (Fsp3) is 0.667. The molecule has 0 saturated carbocycles. The Morgan fingerprint density at radius 1 is 1.38 bits per heavy atom. The van der Waals surface area contributed by atoms with E-state index in [2.05, 4.69) is 15.3 Å². The Morgan fingerprint density at radius 2 is 2.06 bits per heavy atom. The molecule has 0 bridgehead atoms. The average molecular weight is 223 g/mol. The average Bonchev–Trinajstić information content (AvgIpc) is 2.36. The molecule has 0 amide bonds. The van der Waals surface area contributed by atoms with E-state index in [9.17, 15) is 5.11 Å². The number of nitrogens with zero attached hydrogens (tertiary/aromatic N) is 2. The van der Waals surface area contributed by atoms with Gasteiger partial charge in [0.2, 0.25) is 0 Å². The van der Waals surface area contributed by atoms with Crippen LogP contribution in [0.1, 0.15) is 45.3 Å². The summed E-state index contributed by atoms with van der Waals surface area (Å²) >= 11 is 0. The first-order chi connectivity index (χ1) is 7.61. The van der Waals surface area contributed by atoms with E-state index in [0.717, 1.165) is 18.5 Å². The fourth-order valence-corrected chi connectivity index (χ4v) is 1.48. The minimum Gasteiger partial charge on any atom is -0.389 e. The van der Waals surface area contributed by atoms with Crippen LogP contribution in [0, 0.1) is 0 Å². The first kappa shape index (κ1) is 13.1. The van der Waals surface area contributed by atoms with Gasteiger partial charge >= 0.3 is 0 Å². The largest absolute Gasteiger partial charge is 0.389 e. The summed E-state index contributed by atoms with van der Waals surface area (Å²) in [5, 5.41) is 13.4. The molecule has 1 atom stereocenters. The van der Waals surface area contributed by atoms with Gasteiger partial charge in [-0.2, -0.15) is 0 Å². The highest BCUT2D eigenvalue weighted by Crippen LogP contribution is 2.15. The second-order valence-electron chi connectivity index (χ2n) is 4.16. The van der Waals surface area contributed by atoms with E-state index in [-0.39, 0.29) is 6.04 Å². The number of rotatable bonds is 6. The first-order valence-electron chi connectivity index (χ1n) is 5.83. The Morgan fingerprint density at radius 3 is 2.56 bits per heavy atom. The summed E-state index contributed by atoms with van der Waals surface area (Å²) in [6.07, 6.45) is 6.59.